The zero-order chi connectivity index (χ0) is 20.2. The lowest BCUT2D eigenvalue weighted by Crippen LogP contribution is -2.56. The number of allylic oxidation sites excluding steroid dienone is 2. The summed E-state index contributed by atoms with van der Waals surface area (Å²) in [6.45, 7) is 7.48. The first-order chi connectivity index (χ1) is 14.0. The SMILES string of the molecule is CCC[C@@H]1CC2CC(=O)CC[C@]2(C)[C@H]2CC[C@]3(C)C(c4cccnc4)=CC[C@H]3[C@H]12. The van der Waals surface area contributed by atoms with Gasteiger partial charge in [0, 0.05) is 25.2 Å². The van der Waals surface area contributed by atoms with Gasteiger partial charge in [-0.1, -0.05) is 45.8 Å². The molecule has 0 aromatic carbocycles. The van der Waals surface area contributed by atoms with Crippen molar-refractivity contribution in [2.45, 2.75) is 78.6 Å². The van der Waals surface area contributed by atoms with Crippen molar-refractivity contribution in [3.63, 3.8) is 0 Å². The smallest absolute Gasteiger partial charge is 0.133 e. The van der Waals surface area contributed by atoms with Crippen LogP contribution in [0.25, 0.3) is 5.57 Å². The third-order valence-electron chi connectivity index (χ3n) is 9.87. The minimum absolute atomic E-state index is 0.296. The summed E-state index contributed by atoms with van der Waals surface area (Å²) in [6.07, 6.45) is 17.2. The minimum atomic E-state index is 0.296. The van der Waals surface area contributed by atoms with Gasteiger partial charge in [-0.3, -0.25) is 9.78 Å². The zero-order valence-corrected chi connectivity index (χ0v) is 18.5. The molecule has 1 aromatic rings. The maximum absolute atomic E-state index is 12.3. The molecule has 156 valence electrons. The average Bonchev–Trinajstić information content (AvgIpc) is 3.07. The number of pyridine rings is 1. The van der Waals surface area contributed by atoms with Crippen LogP contribution < -0.4 is 0 Å². The highest BCUT2D eigenvalue weighted by molar-refractivity contribution is 5.79. The van der Waals surface area contributed by atoms with Gasteiger partial charge in [0.05, 0.1) is 0 Å². The predicted molar refractivity (Wildman–Crippen MR) is 118 cm³/mol. The minimum Gasteiger partial charge on any atom is -0.300 e. The summed E-state index contributed by atoms with van der Waals surface area (Å²) in [5, 5.41) is 0. The van der Waals surface area contributed by atoms with Crippen LogP contribution in [0.3, 0.4) is 0 Å². The number of nitrogens with zero attached hydrogens (tertiary/aromatic N) is 1. The Bertz CT molecular complexity index is 813. The van der Waals surface area contributed by atoms with Crippen LogP contribution in [0.15, 0.2) is 30.6 Å². The summed E-state index contributed by atoms with van der Waals surface area (Å²) in [4.78, 5) is 16.7. The van der Waals surface area contributed by atoms with Crippen LogP contribution in [0.4, 0.5) is 0 Å². The molecule has 0 saturated heterocycles. The fourth-order valence-electron chi connectivity index (χ4n) is 8.43. The Kier molecular flexibility index (Phi) is 4.76. The van der Waals surface area contributed by atoms with Gasteiger partial charge >= 0.3 is 0 Å². The lowest BCUT2D eigenvalue weighted by Gasteiger charge is -2.62. The largest absolute Gasteiger partial charge is 0.300 e. The number of rotatable bonds is 3. The molecule has 0 spiro atoms. The number of Topliss-reactive ketones (excluding diaryl/α,β-unsaturated/α-hetero) is 1. The molecule has 0 radical (unpaired) electrons. The maximum atomic E-state index is 12.3. The predicted octanol–water partition coefficient (Wildman–Crippen LogP) is 6.71. The van der Waals surface area contributed by atoms with Crippen molar-refractivity contribution >= 4 is 11.4 Å². The van der Waals surface area contributed by atoms with Crippen LogP contribution in [-0.4, -0.2) is 10.8 Å². The van der Waals surface area contributed by atoms with E-state index in [1.807, 2.05) is 6.20 Å². The molecule has 7 atom stereocenters. The fraction of sp³-hybridized carbons (Fsp3) is 0.704. The summed E-state index contributed by atoms with van der Waals surface area (Å²) in [6, 6.07) is 4.34. The van der Waals surface area contributed by atoms with Gasteiger partial charge in [0.1, 0.15) is 5.78 Å². The van der Waals surface area contributed by atoms with E-state index < -0.39 is 0 Å². The topological polar surface area (TPSA) is 30.0 Å². The molecular weight excluding hydrogens is 354 g/mol. The molecule has 1 unspecified atom stereocenters. The van der Waals surface area contributed by atoms with Gasteiger partial charge in [-0.05, 0) is 89.7 Å². The lowest BCUT2D eigenvalue weighted by molar-refractivity contribution is -0.146. The summed E-state index contributed by atoms with van der Waals surface area (Å²) < 4.78 is 0. The van der Waals surface area contributed by atoms with Crippen LogP contribution in [0.2, 0.25) is 0 Å². The van der Waals surface area contributed by atoms with Gasteiger partial charge in [-0.15, -0.1) is 0 Å². The highest BCUT2D eigenvalue weighted by Gasteiger charge is 2.61. The molecule has 0 bridgehead atoms. The summed E-state index contributed by atoms with van der Waals surface area (Å²) in [7, 11) is 0. The third kappa shape index (κ3) is 2.88. The summed E-state index contributed by atoms with van der Waals surface area (Å²) in [5.74, 6) is 4.38. The van der Waals surface area contributed by atoms with Gasteiger partial charge in [0.2, 0.25) is 0 Å². The van der Waals surface area contributed by atoms with E-state index in [1.54, 1.807) is 5.57 Å². The Hall–Kier alpha value is -1.44. The zero-order valence-electron chi connectivity index (χ0n) is 18.5. The quantitative estimate of drug-likeness (QED) is 0.573. The lowest BCUT2D eigenvalue weighted by atomic mass is 9.42. The molecule has 4 aliphatic carbocycles. The van der Waals surface area contributed by atoms with E-state index in [0.29, 0.717) is 22.5 Å². The first kappa shape index (κ1) is 19.5. The molecule has 29 heavy (non-hydrogen) atoms. The summed E-state index contributed by atoms with van der Waals surface area (Å²) >= 11 is 0. The molecule has 0 aliphatic heterocycles. The van der Waals surface area contributed by atoms with E-state index in [1.165, 1.54) is 44.1 Å². The third-order valence-corrected chi connectivity index (χ3v) is 9.87. The standard InChI is InChI=1S/C27H37NO/c1-4-6-18-15-20-16-21(29)10-12-26(20,2)24-11-13-27(3)22(8-9-23(27)25(18)24)19-7-5-14-28-17-19/h5,7-8,14,17-18,20,23-25H,4,6,9-13,15-16H2,1-3H3/t18-,20?,23+,24+,25+,26+,27-/m1/s1. The highest BCUT2D eigenvalue weighted by Crippen LogP contribution is 2.68. The van der Waals surface area contributed by atoms with Crippen molar-refractivity contribution in [2.75, 3.05) is 0 Å². The normalized spacial score (nSPS) is 43.9. The molecule has 1 aromatic heterocycles. The number of hydrogen-bond donors (Lipinski definition) is 0. The Morgan fingerprint density at radius 3 is 2.83 bits per heavy atom. The molecule has 3 saturated carbocycles. The van der Waals surface area contributed by atoms with E-state index >= 15 is 0 Å². The van der Waals surface area contributed by atoms with Crippen molar-refractivity contribution in [1.82, 2.24) is 4.98 Å². The second kappa shape index (κ2) is 7.06. The Labute approximate surface area is 176 Å². The van der Waals surface area contributed by atoms with Crippen LogP contribution in [-0.2, 0) is 4.79 Å². The monoisotopic (exact) mass is 391 g/mol. The molecule has 3 fully saturated rings. The number of fused-ring (bicyclic) bond motifs is 5. The highest BCUT2D eigenvalue weighted by atomic mass is 16.1. The van der Waals surface area contributed by atoms with Crippen LogP contribution in [0.5, 0.6) is 0 Å². The molecule has 5 rings (SSSR count). The van der Waals surface area contributed by atoms with Gasteiger partial charge in [0.25, 0.3) is 0 Å². The van der Waals surface area contributed by atoms with Crippen molar-refractivity contribution < 1.29 is 4.79 Å². The van der Waals surface area contributed by atoms with Crippen LogP contribution in [0.1, 0.15) is 84.1 Å². The summed E-state index contributed by atoms with van der Waals surface area (Å²) in [5.41, 5.74) is 3.59. The molecular formula is C27H37NO. The van der Waals surface area contributed by atoms with Gasteiger partial charge in [-0.25, -0.2) is 0 Å². The number of ketones is 1. The van der Waals surface area contributed by atoms with Crippen LogP contribution >= 0.6 is 0 Å². The first-order valence-corrected chi connectivity index (χ1v) is 12.1. The molecule has 1 heterocycles. The second-order valence-corrected chi connectivity index (χ2v) is 11.1. The Morgan fingerprint density at radius 1 is 1.21 bits per heavy atom. The molecule has 2 heteroatoms. The van der Waals surface area contributed by atoms with Gasteiger partial charge in [-0.2, -0.15) is 0 Å². The van der Waals surface area contributed by atoms with E-state index in [0.717, 1.165) is 42.9 Å². The van der Waals surface area contributed by atoms with Crippen molar-refractivity contribution in [3.05, 3.63) is 36.2 Å². The van der Waals surface area contributed by atoms with Crippen molar-refractivity contribution in [3.8, 4) is 0 Å². The van der Waals surface area contributed by atoms with E-state index in [9.17, 15) is 4.79 Å². The first-order valence-electron chi connectivity index (χ1n) is 12.1. The van der Waals surface area contributed by atoms with E-state index in [2.05, 4.69) is 50.2 Å². The van der Waals surface area contributed by atoms with Gasteiger partial charge in [0.15, 0.2) is 0 Å². The second-order valence-electron chi connectivity index (χ2n) is 11.1. The van der Waals surface area contributed by atoms with Crippen molar-refractivity contribution in [2.24, 2.45) is 40.4 Å². The Morgan fingerprint density at radius 2 is 2.07 bits per heavy atom. The van der Waals surface area contributed by atoms with E-state index in [4.69, 9.17) is 0 Å². The Balaban J connectivity index is 1.51. The number of carbonyl (C=O) groups is 1. The number of hydrogen-bond acceptors (Lipinski definition) is 2. The van der Waals surface area contributed by atoms with Crippen LogP contribution in [0, 0.1) is 40.4 Å². The number of carbonyl (C=O) groups excluding carboxylic acids is 1. The molecule has 2 nitrogen and oxygen atoms in total. The molecule has 4 aliphatic rings. The maximum Gasteiger partial charge on any atom is 0.133 e. The van der Waals surface area contributed by atoms with Crippen molar-refractivity contribution in [1.29, 1.82) is 0 Å². The van der Waals surface area contributed by atoms with Gasteiger partial charge < -0.3 is 0 Å². The molecule has 0 amide bonds. The van der Waals surface area contributed by atoms with E-state index in [-0.39, 0.29) is 0 Å². The number of aromatic nitrogens is 1. The average molecular weight is 392 g/mol. The fourth-order valence-corrected chi connectivity index (χ4v) is 8.43. The molecule has 0 N–H and O–H groups in total.